The van der Waals surface area contributed by atoms with E-state index in [1.165, 1.54) is 18.2 Å². The fraction of sp³-hybridized carbons (Fsp3) is 0.417. The van der Waals surface area contributed by atoms with Crippen LogP contribution in [0.25, 0.3) is 0 Å². The SMILES string of the molecule is O=C(c1ccc(O)c(O)c1)N1CCC(O)CC1. The average Bonchev–Trinajstić information content (AvgIpc) is 2.33. The molecule has 0 atom stereocenters. The zero-order valence-corrected chi connectivity index (χ0v) is 9.33. The lowest BCUT2D eigenvalue weighted by Gasteiger charge is -2.29. The number of aliphatic hydroxyl groups excluding tert-OH is 1. The fourth-order valence-electron chi connectivity index (χ4n) is 1.91. The molecule has 92 valence electrons. The Labute approximate surface area is 98.9 Å². The summed E-state index contributed by atoms with van der Waals surface area (Å²) in [7, 11) is 0. The molecule has 1 heterocycles. The van der Waals surface area contributed by atoms with E-state index in [0.29, 0.717) is 31.5 Å². The van der Waals surface area contributed by atoms with E-state index in [1.807, 2.05) is 0 Å². The molecule has 0 unspecified atom stereocenters. The molecule has 1 aromatic carbocycles. The molecule has 3 N–H and O–H groups in total. The van der Waals surface area contributed by atoms with Crippen LogP contribution in [0.4, 0.5) is 0 Å². The standard InChI is InChI=1S/C12H15NO4/c14-9-3-5-13(6-4-9)12(17)8-1-2-10(15)11(16)7-8/h1-2,7,9,14-16H,3-6H2. The van der Waals surface area contributed by atoms with E-state index in [9.17, 15) is 15.0 Å². The van der Waals surface area contributed by atoms with Crippen molar-refractivity contribution in [2.75, 3.05) is 13.1 Å². The summed E-state index contributed by atoms with van der Waals surface area (Å²) in [6.07, 6.45) is 0.832. The van der Waals surface area contributed by atoms with Crippen molar-refractivity contribution in [1.29, 1.82) is 0 Å². The highest BCUT2D eigenvalue weighted by Gasteiger charge is 2.22. The van der Waals surface area contributed by atoms with E-state index >= 15 is 0 Å². The van der Waals surface area contributed by atoms with Crippen LogP contribution in [-0.2, 0) is 0 Å². The van der Waals surface area contributed by atoms with Crippen LogP contribution in [-0.4, -0.2) is 45.3 Å². The first kappa shape index (κ1) is 11.7. The van der Waals surface area contributed by atoms with E-state index in [2.05, 4.69) is 0 Å². The van der Waals surface area contributed by atoms with Gasteiger partial charge in [-0.25, -0.2) is 0 Å². The first-order valence-electron chi connectivity index (χ1n) is 5.57. The van der Waals surface area contributed by atoms with Crippen molar-refractivity contribution in [3.05, 3.63) is 23.8 Å². The van der Waals surface area contributed by atoms with Crippen molar-refractivity contribution in [2.24, 2.45) is 0 Å². The largest absolute Gasteiger partial charge is 0.504 e. The van der Waals surface area contributed by atoms with Crippen molar-refractivity contribution in [1.82, 2.24) is 4.90 Å². The molecule has 2 rings (SSSR count). The number of likely N-dealkylation sites (tertiary alicyclic amines) is 1. The topological polar surface area (TPSA) is 81.0 Å². The summed E-state index contributed by atoms with van der Waals surface area (Å²) in [5.41, 5.74) is 0.344. The molecule has 0 aromatic heterocycles. The van der Waals surface area contributed by atoms with Crippen LogP contribution in [0.5, 0.6) is 11.5 Å². The minimum atomic E-state index is -0.327. The van der Waals surface area contributed by atoms with Gasteiger partial charge < -0.3 is 20.2 Å². The lowest BCUT2D eigenvalue weighted by atomic mass is 10.1. The number of phenolic OH excluding ortho intramolecular Hbond substituents is 2. The fourth-order valence-corrected chi connectivity index (χ4v) is 1.91. The zero-order chi connectivity index (χ0) is 12.4. The van der Waals surface area contributed by atoms with Gasteiger partial charge in [0.2, 0.25) is 0 Å². The van der Waals surface area contributed by atoms with Crippen LogP contribution in [0, 0.1) is 0 Å². The Morgan fingerprint density at radius 3 is 2.41 bits per heavy atom. The number of piperidine rings is 1. The van der Waals surface area contributed by atoms with Crippen molar-refractivity contribution in [3.8, 4) is 11.5 Å². The van der Waals surface area contributed by atoms with Gasteiger partial charge in [0.1, 0.15) is 0 Å². The van der Waals surface area contributed by atoms with Gasteiger partial charge >= 0.3 is 0 Å². The Balaban J connectivity index is 2.11. The zero-order valence-electron chi connectivity index (χ0n) is 9.33. The highest BCUT2D eigenvalue weighted by molar-refractivity contribution is 5.94. The molecule has 0 saturated carbocycles. The van der Waals surface area contributed by atoms with Crippen LogP contribution in [0.3, 0.4) is 0 Å². The van der Waals surface area contributed by atoms with Gasteiger partial charge in [-0.15, -0.1) is 0 Å². The molecule has 0 radical (unpaired) electrons. The van der Waals surface area contributed by atoms with Crippen LogP contribution in [0.15, 0.2) is 18.2 Å². The summed E-state index contributed by atoms with van der Waals surface area (Å²) in [5.74, 6) is -0.726. The summed E-state index contributed by atoms with van der Waals surface area (Å²) >= 11 is 0. The molecule has 1 fully saturated rings. The molecule has 1 aliphatic rings. The van der Waals surface area contributed by atoms with Gasteiger partial charge in [0.15, 0.2) is 11.5 Å². The maximum atomic E-state index is 12.0. The summed E-state index contributed by atoms with van der Waals surface area (Å²) < 4.78 is 0. The molecule has 17 heavy (non-hydrogen) atoms. The first-order valence-corrected chi connectivity index (χ1v) is 5.57. The maximum absolute atomic E-state index is 12.0. The molecule has 5 nitrogen and oxygen atoms in total. The van der Waals surface area contributed by atoms with Gasteiger partial charge in [0.05, 0.1) is 6.10 Å². The van der Waals surface area contributed by atoms with Gasteiger partial charge in [-0.1, -0.05) is 0 Å². The molecular formula is C12H15NO4. The minimum absolute atomic E-state index is 0.188. The maximum Gasteiger partial charge on any atom is 0.253 e. The van der Waals surface area contributed by atoms with Crippen molar-refractivity contribution in [3.63, 3.8) is 0 Å². The highest BCUT2D eigenvalue weighted by atomic mass is 16.3. The summed E-state index contributed by atoms with van der Waals surface area (Å²) in [6.45, 7) is 1.03. The van der Waals surface area contributed by atoms with Crippen LogP contribution >= 0.6 is 0 Å². The van der Waals surface area contributed by atoms with E-state index in [1.54, 1.807) is 4.90 Å². The monoisotopic (exact) mass is 237 g/mol. The molecule has 0 bridgehead atoms. The van der Waals surface area contributed by atoms with Gasteiger partial charge in [0.25, 0.3) is 5.91 Å². The summed E-state index contributed by atoms with van der Waals surface area (Å²) in [5, 5.41) is 27.8. The number of aliphatic hydroxyl groups is 1. The number of hydrogen-bond acceptors (Lipinski definition) is 4. The molecule has 1 amide bonds. The van der Waals surface area contributed by atoms with Crippen LogP contribution in [0.2, 0.25) is 0 Å². The Morgan fingerprint density at radius 1 is 1.18 bits per heavy atom. The third-order valence-corrected chi connectivity index (χ3v) is 2.97. The van der Waals surface area contributed by atoms with Crippen molar-refractivity contribution < 1.29 is 20.1 Å². The molecule has 1 aliphatic heterocycles. The molecule has 0 spiro atoms. The lowest BCUT2D eigenvalue weighted by Crippen LogP contribution is -2.40. The van der Waals surface area contributed by atoms with E-state index in [-0.39, 0.29) is 23.5 Å². The smallest absolute Gasteiger partial charge is 0.253 e. The quantitative estimate of drug-likeness (QED) is 0.628. The molecule has 0 aliphatic carbocycles. The molecular weight excluding hydrogens is 222 g/mol. The second-order valence-electron chi connectivity index (χ2n) is 4.23. The number of carbonyl (C=O) groups excluding carboxylic acids is 1. The number of nitrogens with zero attached hydrogens (tertiary/aromatic N) is 1. The van der Waals surface area contributed by atoms with Crippen LogP contribution < -0.4 is 0 Å². The third kappa shape index (κ3) is 2.50. The second-order valence-corrected chi connectivity index (χ2v) is 4.23. The minimum Gasteiger partial charge on any atom is -0.504 e. The van der Waals surface area contributed by atoms with E-state index in [4.69, 9.17) is 5.11 Å². The third-order valence-electron chi connectivity index (χ3n) is 2.97. The second kappa shape index (κ2) is 4.63. The Bertz CT molecular complexity index is 425. The van der Waals surface area contributed by atoms with Gasteiger partial charge in [0, 0.05) is 18.7 Å². The summed E-state index contributed by atoms with van der Waals surface area (Å²) in [4.78, 5) is 13.7. The van der Waals surface area contributed by atoms with Gasteiger partial charge in [-0.2, -0.15) is 0 Å². The average molecular weight is 237 g/mol. The van der Waals surface area contributed by atoms with Crippen molar-refractivity contribution >= 4 is 5.91 Å². The Kier molecular flexibility index (Phi) is 3.19. The normalized spacial score (nSPS) is 17.1. The molecule has 1 saturated heterocycles. The number of phenols is 2. The number of carbonyl (C=O) groups is 1. The predicted molar refractivity (Wildman–Crippen MR) is 60.9 cm³/mol. The number of rotatable bonds is 1. The number of hydrogen-bond donors (Lipinski definition) is 3. The number of aromatic hydroxyl groups is 2. The lowest BCUT2D eigenvalue weighted by molar-refractivity contribution is 0.0546. The van der Waals surface area contributed by atoms with Gasteiger partial charge in [-0.3, -0.25) is 4.79 Å². The van der Waals surface area contributed by atoms with Gasteiger partial charge in [-0.05, 0) is 31.0 Å². The number of benzene rings is 1. The van der Waals surface area contributed by atoms with E-state index < -0.39 is 0 Å². The molecule has 5 heteroatoms. The number of amides is 1. The predicted octanol–water partition coefficient (Wildman–Crippen LogP) is 0.695. The summed E-state index contributed by atoms with van der Waals surface area (Å²) in [6, 6.07) is 4.02. The molecule has 1 aromatic rings. The van der Waals surface area contributed by atoms with Crippen molar-refractivity contribution in [2.45, 2.75) is 18.9 Å². The Hall–Kier alpha value is -1.75. The first-order chi connectivity index (χ1) is 8.08. The van der Waals surface area contributed by atoms with Crippen LogP contribution in [0.1, 0.15) is 23.2 Å². The van der Waals surface area contributed by atoms with E-state index in [0.717, 1.165) is 0 Å². The highest BCUT2D eigenvalue weighted by Crippen LogP contribution is 2.26. The Morgan fingerprint density at radius 2 is 1.82 bits per heavy atom.